The van der Waals surface area contributed by atoms with E-state index in [1.165, 1.54) is 30.3 Å². The van der Waals surface area contributed by atoms with Crippen molar-refractivity contribution in [1.29, 1.82) is 0 Å². The number of halogens is 1. The fraction of sp³-hybridized carbons (Fsp3) is 0.364. The van der Waals surface area contributed by atoms with Crippen LogP contribution >= 0.6 is 11.8 Å². The number of likely N-dealkylation sites (tertiary alicyclic amines) is 1. The Kier molecular flexibility index (Phi) is 5.67. The number of fused-ring (bicyclic) bond motifs is 1. The summed E-state index contributed by atoms with van der Waals surface area (Å²) in [6.07, 6.45) is 3.37. The van der Waals surface area contributed by atoms with E-state index in [1.54, 1.807) is 12.1 Å². The normalized spacial score (nSPS) is 17.2. The molecule has 1 fully saturated rings. The summed E-state index contributed by atoms with van der Waals surface area (Å²) < 4.78 is 15.4. The van der Waals surface area contributed by atoms with Gasteiger partial charge in [0.2, 0.25) is 5.91 Å². The maximum absolute atomic E-state index is 13.3. The lowest BCUT2D eigenvalue weighted by Gasteiger charge is -2.33. The van der Waals surface area contributed by atoms with Crippen LogP contribution in [0.5, 0.6) is 0 Å². The van der Waals surface area contributed by atoms with Crippen molar-refractivity contribution in [2.24, 2.45) is 0 Å². The van der Waals surface area contributed by atoms with Gasteiger partial charge < -0.3 is 9.47 Å². The summed E-state index contributed by atoms with van der Waals surface area (Å²) in [5.74, 6) is 0.324. The first kappa shape index (κ1) is 19.0. The van der Waals surface area contributed by atoms with Gasteiger partial charge in [-0.25, -0.2) is 9.37 Å². The van der Waals surface area contributed by atoms with Crippen molar-refractivity contribution in [3.8, 4) is 0 Å². The van der Waals surface area contributed by atoms with Gasteiger partial charge in [-0.3, -0.25) is 4.79 Å². The summed E-state index contributed by atoms with van der Waals surface area (Å²) in [5, 5.41) is 0.823. The SMILES string of the molecule is CC1CCCCN1C(=O)CSc1nc2ccccc2n1Cc1ccc(F)cc1. The molecule has 2 aromatic carbocycles. The number of benzene rings is 2. The maximum Gasteiger partial charge on any atom is 0.233 e. The number of imidazole rings is 1. The highest BCUT2D eigenvalue weighted by atomic mass is 32.2. The third-order valence-electron chi connectivity index (χ3n) is 5.32. The molecule has 1 saturated heterocycles. The van der Waals surface area contributed by atoms with Gasteiger partial charge in [-0.2, -0.15) is 0 Å². The molecule has 1 unspecified atom stereocenters. The van der Waals surface area contributed by atoms with Crippen molar-refractivity contribution in [3.05, 3.63) is 59.9 Å². The van der Waals surface area contributed by atoms with E-state index in [4.69, 9.17) is 4.98 Å². The highest BCUT2D eigenvalue weighted by Crippen LogP contribution is 2.26. The predicted molar refractivity (Wildman–Crippen MR) is 111 cm³/mol. The van der Waals surface area contributed by atoms with Crippen LogP contribution in [0.1, 0.15) is 31.7 Å². The molecule has 0 spiro atoms. The Bertz CT molecular complexity index is 970. The molecule has 1 aliphatic heterocycles. The average Bonchev–Trinajstić information content (AvgIpc) is 3.06. The zero-order valence-corrected chi connectivity index (χ0v) is 16.8. The predicted octanol–water partition coefficient (Wildman–Crippen LogP) is 4.72. The second-order valence-corrected chi connectivity index (χ2v) is 8.26. The summed E-state index contributed by atoms with van der Waals surface area (Å²) >= 11 is 1.49. The standard InChI is InChI=1S/C22H24FN3OS/c1-16-6-4-5-13-25(16)21(27)15-28-22-24-19-7-2-3-8-20(19)26(22)14-17-9-11-18(23)12-10-17/h2-3,7-12,16H,4-6,13-15H2,1H3. The van der Waals surface area contributed by atoms with Gasteiger partial charge in [-0.15, -0.1) is 0 Å². The van der Waals surface area contributed by atoms with Gasteiger partial charge in [0, 0.05) is 12.6 Å². The molecule has 0 bridgehead atoms. The lowest BCUT2D eigenvalue weighted by atomic mass is 10.0. The fourth-order valence-electron chi connectivity index (χ4n) is 3.77. The number of nitrogens with zero attached hydrogens (tertiary/aromatic N) is 3. The van der Waals surface area contributed by atoms with E-state index in [0.717, 1.165) is 41.1 Å². The van der Waals surface area contributed by atoms with Crippen LogP contribution in [0.15, 0.2) is 53.7 Å². The fourth-order valence-corrected chi connectivity index (χ4v) is 4.67. The molecule has 3 aromatic rings. The monoisotopic (exact) mass is 397 g/mol. The Labute approximate surface area is 168 Å². The number of piperidine rings is 1. The molecule has 1 amide bonds. The zero-order chi connectivity index (χ0) is 19.5. The second-order valence-electron chi connectivity index (χ2n) is 7.32. The van der Waals surface area contributed by atoms with Gasteiger partial charge in [0.1, 0.15) is 5.82 Å². The quantitative estimate of drug-likeness (QED) is 0.585. The van der Waals surface area contributed by atoms with E-state index in [2.05, 4.69) is 11.5 Å². The number of hydrogen-bond acceptors (Lipinski definition) is 3. The van der Waals surface area contributed by atoms with Crippen molar-refractivity contribution in [2.45, 2.75) is 43.9 Å². The van der Waals surface area contributed by atoms with Crippen LogP contribution in [0.2, 0.25) is 0 Å². The number of hydrogen-bond donors (Lipinski definition) is 0. The van der Waals surface area contributed by atoms with E-state index in [1.807, 2.05) is 29.2 Å². The van der Waals surface area contributed by atoms with Crippen molar-refractivity contribution < 1.29 is 9.18 Å². The van der Waals surface area contributed by atoms with Crippen LogP contribution in [-0.2, 0) is 11.3 Å². The topological polar surface area (TPSA) is 38.1 Å². The molecule has 6 heteroatoms. The third kappa shape index (κ3) is 4.07. The minimum atomic E-state index is -0.241. The third-order valence-corrected chi connectivity index (χ3v) is 6.28. The summed E-state index contributed by atoms with van der Waals surface area (Å²) in [7, 11) is 0. The van der Waals surface area contributed by atoms with Crippen molar-refractivity contribution in [3.63, 3.8) is 0 Å². The van der Waals surface area contributed by atoms with E-state index < -0.39 is 0 Å². The average molecular weight is 398 g/mol. The number of carbonyl (C=O) groups is 1. The first-order chi connectivity index (χ1) is 13.6. The number of amides is 1. The smallest absolute Gasteiger partial charge is 0.233 e. The molecule has 146 valence electrons. The molecule has 4 rings (SSSR count). The first-order valence-corrected chi connectivity index (χ1v) is 10.7. The second kappa shape index (κ2) is 8.35. The Balaban J connectivity index is 1.56. The van der Waals surface area contributed by atoms with Crippen molar-refractivity contribution in [1.82, 2.24) is 14.5 Å². The minimum absolute atomic E-state index is 0.178. The van der Waals surface area contributed by atoms with Gasteiger partial charge in [0.15, 0.2) is 5.16 Å². The molecule has 1 atom stereocenters. The molecular weight excluding hydrogens is 373 g/mol. The zero-order valence-electron chi connectivity index (χ0n) is 16.0. The molecule has 0 saturated carbocycles. The summed E-state index contributed by atoms with van der Waals surface area (Å²) in [4.78, 5) is 19.5. The molecule has 0 aliphatic carbocycles. The molecule has 1 aromatic heterocycles. The lowest BCUT2D eigenvalue weighted by molar-refractivity contribution is -0.131. The van der Waals surface area contributed by atoms with Crippen LogP contribution < -0.4 is 0 Å². The highest BCUT2D eigenvalue weighted by molar-refractivity contribution is 7.99. The van der Waals surface area contributed by atoms with Crippen molar-refractivity contribution in [2.75, 3.05) is 12.3 Å². The van der Waals surface area contributed by atoms with Crippen LogP contribution in [0.25, 0.3) is 11.0 Å². The summed E-state index contributed by atoms with van der Waals surface area (Å²) in [5.41, 5.74) is 2.93. The molecule has 2 heterocycles. The number of rotatable bonds is 5. The van der Waals surface area contributed by atoms with Crippen molar-refractivity contribution >= 4 is 28.7 Å². The van der Waals surface area contributed by atoms with E-state index >= 15 is 0 Å². The maximum atomic E-state index is 13.3. The molecule has 1 aliphatic rings. The Morgan fingerprint density at radius 2 is 1.96 bits per heavy atom. The molecule has 0 radical (unpaired) electrons. The molecule has 28 heavy (non-hydrogen) atoms. The molecular formula is C22H24FN3OS. The number of thioether (sulfide) groups is 1. The van der Waals surface area contributed by atoms with Crippen LogP contribution in [0.4, 0.5) is 4.39 Å². The van der Waals surface area contributed by atoms with E-state index in [9.17, 15) is 9.18 Å². The summed E-state index contributed by atoms with van der Waals surface area (Å²) in [6.45, 7) is 3.58. The number of aromatic nitrogens is 2. The number of para-hydroxylation sites is 2. The van der Waals surface area contributed by atoms with Gasteiger partial charge in [-0.05, 0) is 56.0 Å². The van der Waals surface area contributed by atoms with Crippen LogP contribution in [0.3, 0.4) is 0 Å². The van der Waals surface area contributed by atoms with Gasteiger partial charge in [-0.1, -0.05) is 36.0 Å². The van der Waals surface area contributed by atoms with Crippen LogP contribution in [0, 0.1) is 5.82 Å². The molecule has 4 nitrogen and oxygen atoms in total. The van der Waals surface area contributed by atoms with Gasteiger partial charge in [0.05, 0.1) is 23.3 Å². The molecule has 0 N–H and O–H groups in total. The lowest BCUT2D eigenvalue weighted by Crippen LogP contribution is -2.43. The summed E-state index contributed by atoms with van der Waals surface area (Å²) in [6, 6.07) is 14.8. The Morgan fingerprint density at radius 1 is 1.18 bits per heavy atom. The van der Waals surface area contributed by atoms with Gasteiger partial charge in [0.25, 0.3) is 0 Å². The largest absolute Gasteiger partial charge is 0.339 e. The van der Waals surface area contributed by atoms with E-state index in [-0.39, 0.29) is 11.7 Å². The van der Waals surface area contributed by atoms with Crippen LogP contribution in [-0.4, -0.2) is 38.7 Å². The Hall–Kier alpha value is -2.34. The van der Waals surface area contributed by atoms with Gasteiger partial charge >= 0.3 is 0 Å². The number of carbonyl (C=O) groups excluding carboxylic acids is 1. The van der Waals surface area contributed by atoms with E-state index in [0.29, 0.717) is 18.3 Å². The highest BCUT2D eigenvalue weighted by Gasteiger charge is 2.23. The first-order valence-electron chi connectivity index (χ1n) is 9.74. The Morgan fingerprint density at radius 3 is 2.75 bits per heavy atom. The minimum Gasteiger partial charge on any atom is -0.339 e.